The predicted molar refractivity (Wildman–Crippen MR) is 88.5 cm³/mol. The first-order chi connectivity index (χ1) is 11.9. The highest BCUT2D eigenvalue weighted by Gasteiger charge is 2.35. The maximum Gasteiger partial charge on any atom is 0.573 e. The summed E-state index contributed by atoms with van der Waals surface area (Å²) in [6.07, 6.45) is 0.813. The molecule has 1 aliphatic heterocycles. The van der Waals surface area contributed by atoms with Crippen molar-refractivity contribution in [1.29, 1.82) is 0 Å². The Morgan fingerprint density at radius 1 is 1.12 bits per heavy atom. The Morgan fingerprint density at radius 3 is 2.44 bits per heavy atom. The molecule has 1 aromatic carbocycles. The second kappa shape index (κ2) is 7.83. The van der Waals surface area contributed by atoms with Crippen LogP contribution in [0.25, 0.3) is 0 Å². The van der Waals surface area contributed by atoms with Crippen LogP contribution >= 0.6 is 0 Å². The first kappa shape index (κ1) is 18.3. The molecule has 1 heterocycles. The number of alkyl halides is 3. The lowest BCUT2D eigenvalue weighted by Crippen LogP contribution is -2.47. The van der Waals surface area contributed by atoms with Gasteiger partial charge in [0.1, 0.15) is 11.5 Å². The standard InChI is InChI=1S/C18H25F3N2O2/c19-18(20,21)25-14-6-7-16(24)15(12-14)17(13-4-2-1-3-5-13)23-10-8-22-9-11-23/h6-7,12-13,17,22,24H,1-5,8-11H2/t17-/m1/s1. The Kier molecular flexibility index (Phi) is 5.74. The lowest BCUT2D eigenvalue weighted by atomic mass is 9.80. The van der Waals surface area contributed by atoms with Crippen LogP contribution in [0, 0.1) is 5.92 Å². The summed E-state index contributed by atoms with van der Waals surface area (Å²) in [7, 11) is 0. The van der Waals surface area contributed by atoms with Crippen LogP contribution in [-0.2, 0) is 0 Å². The van der Waals surface area contributed by atoms with Crippen LogP contribution < -0.4 is 10.1 Å². The molecule has 4 nitrogen and oxygen atoms in total. The largest absolute Gasteiger partial charge is 0.573 e. The van der Waals surface area contributed by atoms with Gasteiger partial charge in [0.05, 0.1) is 0 Å². The van der Waals surface area contributed by atoms with Crippen LogP contribution in [0.15, 0.2) is 18.2 Å². The van der Waals surface area contributed by atoms with Gasteiger partial charge in [-0.3, -0.25) is 4.90 Å². The van der Waals surface area contributed by atoms with Crippen molar-refractivity contribution >= 4 is 0 Å². The average molecular weight is 358 g/mol. The van der Waals surface area contributed by atoms with E-state index in [9.17, 15) is 18.3 Å². The van der Waals surface area contributed by atoms with E-state index < -0.39 is 6.36 Å². The molecule has 1 saturated carbocycles. The Bertz CT molecular complexity index is 550. The van der Waals surface area contributed by atoms with E-state index >= 15 is 0 Å². The monoisotopic (exact) mass is 358 g/mol. The molecule has 2 aliphatic rings. The first-order valence-electron chi connectivity index (χ1n) is 8.97. The lowest BCUT2D eigenvalue weighted by Gasteiger charge is -2.41. The summed E-state index contributed by atoms with van der Waals surface area (Å²) in [4.78, 5) is 2.29. The lowest BCUT2D eigenvalue weighted by molar-refractivity contribution is -0.274. The van der Waals surface area contributed by atoms with E-state index in [2.05, 4.69) is 15.0 Å². The van der Waals surface area contributed by atoms with E-state index in [1.165, 1.54) is 24.6 Å². The van der Waals surface area contributed by atoms with Crippen LogP contribution in [0.1, 0.15) is 43.7 Å². The van der Waals surface area contributed by atoms with Gasteiger partial charge in [-0.2, -0.15) is 0 Å². The Labute approximate surface area is 146 Å². The number of benzene rings is 1. The average Bonchev–Trinajstić information content (AvgIpc) is 2.59. The molecule has 7 heteroatoms. The topological polar surface area (TPSA) is 44.7 Å². The fourth-order valence-electron chi connectivity index (χ4n) is 4.13. The summed E-state index contributed by atoms with van der Waals surface area (Å²) in [6.45, 7) is 3.35. The minimum atomic E-state index is -4.73. The van der Waals surface area contributed by atoms with Gasteiger partial charge in [0.2, 0.25) is 0 Å². The number of nitrogens with one attached hydrogen (secondary N) is 1. The number of hydrogen-bond acceptors (Lipinski definition) is 4. The third kappa shape index (κ3) is 4.79. The van der Waals surface area contributed by atoms with Crippen molar-refractivity contribution in [2.24, 2.45) is 5.92 Å². The minimum Gasteiger partial charge on any atom is -0.508 e. The number of piperazine rings is 1. The van der Waals surface area contributed by atoms with Crippen molar-refractivity contribution in [3.8, 4) is 11.5 Å². The zero-order chi connectivity index (χ0) is 17.9. The number of halogens is 3. The third-order valence-corrected chi connectivity index (χ3v) is 5.19. The Morgan fingerprint density at radius 2 is 1.80 bits per heavy atom. The third-order valence-electron chi connectivity index (χ3n) is 5.19. The van der Waals surface area contributed by atoms with Crippen LogP contribution in [0.3, 0.4) is 0 Å². The van der Waals surface area contributed by atoms with Gasteiger partial charge >= 0.3 is 6.36 Å². The molecule has 1 saturated heterocycles. The number of hydrogen-bond donors (Lipinski definition) is 2. The summed E-state index contributed by atoms with van der Waals surface area (Å²) in [6, 6.07) is 3.78. The van der Waals surface area contributed by atoms with E-state index in [1.54, 1.807) is 0 Å². The van der Waals surface area contributed by atoms with Crippen molar-refractivity contribution in [3.05, 3.63) is 23.8 Å². The van der Waals surface area contributed by atoms with Crippen molar-refractivity contribution in [3.63, 3.8) is 0 Å². The van der Waals surface area contributed by atoms with Crippen LogP contribution in [0.4, 0.5) is 13.2 Å². The van der Waals surface area contributed by atoms with E-state index in [1.807, 2.05) is 0 Å². The fraction of sp³-hybridized carbons (Fsp3) is 0.667. The van der Waals surface area contributed by atoms with Gasteiger partial charge in [-0.15, -0.1) is 13.2 Å². The van der Waals surface area contributed by atoms with Crippen LogP contribution in [-0.4, -0.2) is 42.5 Å². The number of aromatic hydroxyl groups is 1. The quantitative estimate of drug-likeness (QED) is 0.859. The Balaban J connectivity index is 1.92. The van der Waals surface area contributed by atoms with Crippen molar-refractivity contribution in [2.75, 3.05) is 26.2 Å². The molecule has 2 N–H and O–H groups in total. The number of rotatable bonds is 4. The predicted octanol–water partition coefficient (Wildman–Crippen LogP) is 3.82. The molecular formula is C18H25F3N2O2. The zero-order valence-electron chi connectivity index (χ0n) is 14.2. The fourth-order valence-corrected chi connectivity index (χ4v) is 4.13. The summed E-state index contributed by atoms with van der Waals surface area (Å²) in [5, 5.41) is 13.7. The second-order valence-electron chi connectivity index (χ2n) is 6.90. The molecule has 0 spiro atoms. The van der Waals surface area contributed by atoms with Gasteiger partial charge < -0.3 is 15.2 Å². The Hall–Kier alpha value is -1.47. The molecule has 0 aromatic heterocycles. The SMILES string of the molecule is Oc1ccc(OC(F)(F)F)cc1[C@@H](C1CCCCC1)N1CCNCC1. The van der Waals surface area contributed by atoms with Gasteiger partial charge in [-0.25, -0.2) is 0 Å². The highest BCUT2D eigenvalue weighted by atomic mass is 19.4. The molecule has 3 rings (SSSR count). The zero-order valence-corrected chi connectivity index (χ0v) is 14.2. The summed E-state index contributed by atoms with van der Waals surface area (Å²) in [5.74, 6) is 0.124. The first-order valence-corrected chi connectivity index (χ1v) is 8.97. The molecule has 0 radical (unpaired) electrons. The molecule has 0 unspecified atom stereocenters. The highest BCUT2D eigenvalue weighted by Crippen LogP contribution is 2.43. The van der Waals surface area contributed by atoms with Crippen molar-refractivity contribution in [2.45, 2.75) is 44.5 Å². The van der Waals surface area contributed by atoms with E-state index in [-0.39, 0.29) is 17.5 Å². The van der Waals surface area contributed by atoms with E-state index in [0.29, 0.717) is 11.5 Å². The molecule has 25 heavy (non-hydrogen) atoms. The molecule has 0 amide bonds. The number of phenolic OH excluding ortho intramolecular Hbond substituents is 1. The summed E-state index contributed by atoms with van der Waals surface area (Å²) in [5.41, 5.74) is 0.551. The molecular weight excluding hydrogens is 333 g/mol. The van der Waals surface area contributed by atoms with Gasteiger partial charge in [0.25, 0.3) is 0 Å². The number of phenols is 1. The van der Waals surface area contributed by atoms with Crippen LogP contribution in [0.2, 0.25) is 0 Å². The highest BCUT2D eigenvalue weighted by molar-refractivity contribution is 5.42. The summed E-state index contributed by atoms with van der Waals surface area (Å²) < 4.78 is 41.8. The van der Waals surface area contributed by atoms with Gasteiger partial charge in [-0.1, -0.05) is 19.3 Å². The molecule has 1 atom stereocenters. The normalized spacial score (nSPS) is 21.9. The van der Waals surface area contributed by atoms with Crippen LogP contribution in [0.5, 0.6) is 11.5 Å². The van der Waals surface area contributed by atoms with Crippen molar-refractivity contribution in [1.82, 2.24) is 10.2 Å². The molecule has 140 valence electrons. The molecule has 1 aromatic rings. The molecule has 1 aliphatic carbocycles. The number of nitrogens with zero attached hydrogens (tertiary/aromatic N) is 1. The van der Waals surface area contributed by atoms with Gasteiger partial charge in [0.15, 0.2) is 0 Å². The smallest absolute Gasteiger partial charge is 0.508 e. The van der Waals surface area contributed by atoms with E-state index in [0.717, 1.165) is 51.9 Å². The molecule has 0 bridgehead atoms. The van der Waals surface area contributed by atoms with E-state index in [4.69, 9.17) is 0 Å². The summed E-state index contributed by atoms with van der Waals surface area (Å²) >= 11 is 0. The maximum absolute atomic E-state index is 12.6. The molecule has 2 fully saturated rings. The second-order valence-corrected chi connectivity index (χ2v) is 6.90. The minimum absolute atomic E-state index is 0.0450. The van der Waals surface area contributed by atoms with Gasteiger partial charge in [-0.05, 0) is 37.0 Å². The number of ether oxygens (including phenoxy) is 1. The maximum atomic E-state index is 12.6. The van der Waals surface area contributed by atoms with Gasteiger partial charge in [0, 0.05) is 37.8 Å². The van der Waals surface area contributed by atoms with Crippen molar-refractivity contribution < 1.29 is 23.0 Å².